The van der Waals surface area contributed by atoms with Gasteiger partial charge in [0.2, 0.25) is 5.88 Å². The topological polar surface area (TPSA) is 199 Å². The molecule has 4 aliphatic rings. The molecule has 1 aliphatic carbocycles. The highest BCUT2D eigenvalue weighted by molar-refractivity contribution is 6.31. The maximum atomic E-state index is 12.5. The summed E-state index contributed by atoms with van der Waals surface area (Å²) in [6.45, 7) is 12.7. The molecule has 17 nitrogen and oxygen atoms in total. The van der Waals surface area contributed by atoms with Crippen molar-refractivity contribution in [2.75, 3.05) is 87.2 Å². The van der Waals surface area contributed by atoms with Gasteiger partial charge in [-0.1, -0.05) is 24.6 Å². The van der Waals surface area contributed by atoms with Crippen LogP contribution in [0.2, 0.25) is 5.02 Å². The van der Waals surface area contributed by atoms with E-state index < -0.39 is 5.91 Å². The van der Waals surface area contributed by atoms with Gasteiger partial charge in [0.25, 0.3) is 5.91 Å². The fraction of sp³-hybridized carbons (Fsp3) is 0.558. The van der Waals surface area contributed by atoms with Crippen molar-refractivity contribution in [1.29, 1.82) is 5.26 Å². The molecule has 1 aromatic carbocycles. The van der Waals surface area contributed by atoms with Crippen LogP contribution in [0.1, 0.15) is 116 Å². The van der Waals surface area contributed by atoms with Gasteiger partial charge in [0.05, 0.1) is 29.5 Å². The summed E-state index contributed by atoms with van der Waals surface area (Å²) >= 11 is 6.23. The lowest BCUT2D eigenvalue weighted by molar-refractivity contribution is 0.0991. The van der Waals surface area contributed by atoms with Gasteiger partial charge in [-0.3, -0.25) is 4.79 Å². The van der Waals surface area contributed by atoms with Crippen LogP contribution in [0.15, 0.2) is 54.9 Å². The van der Waals surface area contributed by atoms with E-state index in [1.54, 1.807) is 18.2 Å². The van der Waals surface area contributed by atoms with Crippen molar-refractivity contribution in [3.05, 3.63) is 87.8 Å². The van der Waals surface area contributed by atoms with Gasteiger partial charge in [0, 0.05) is 108 Å². The molecule has 4 N–H and O–H groups in total. The van der Waals surface area contributed by atoms with Crippen molar-refractivity contribution in [2.45, 2.75) is 109 Å². The van der Waals surface area contributed by atoms with Crippen molar-refractivity contribution in [1.82, 2.24) is 39.6 Å². The fourth-order valence-electron chi connectivity index (χ4n) is 10.8. The van der Waals surface area contributed by atoms with Crippen LogP contribution < -0.4 is 30.3 Å². The minimum atomic E-state index is -0.545. The van der Waals surface area contributed by atoms with Crippen LogP contribution >= 0.6 is 11.6 Å². The van der Waals surface area contributed by atoms with E-state index in [1.807, 2.05) is 23.0 Å². The number of aryl methyl sites for hydroxylation is 1. The first-order valence-electron chi connectivity index (χ1n) is 25.5. The average Bonchev–Trinajstić information content (AvgIpc) is 3.82. The monoisotopic (exact) mass is 974 g/mol. The fourth-order valence-corrected chi connectivity index (χ4v) is 11.0. The zero-order chi connectivity index (χ0) is 48.4. The number of benzene rings is 1. The molecule has 3 aliphatic heterocycles. The largest absolute Gasteiger partial charge is 0.490 e. The number of rotatable bonds is 19. The normalized spacial score (nSPS) is 20.6. The zero-order valence-electron chi connectivity index (χ0n) is 40.5. The molecular weight excluding hydrogens is 906 g/mol. The SMILES string of the molecule is CCc1cnn2c(NCc3ccc(OCCCN4CCN(CC5CCN(c6cc(C7CCC(Oc8ccc(C#N)c(Cl)c8)CC7)c(C(N)=O)nn6)CC5)CC4)nc3)cc(N3CCCC[C@H]3CCO)nc12. The third-order valence-electron chi connectivity index (χ3n) is 14.9. The molecule has 70 heavy (non-hydrogen) atoms. The predicted molar refractivity (Wildman–Crippen MR) is 271 cm³/mol. The number of aromatic nitrogens is 6. The van der Waals surface area contributed by atoms with Crippen LogP contribution in [-0.4, -0.2) is 135 Å². The van der Waals surface area contributed by atoms with Gasteiger partial charge in [0.1, 0.15) is 23.5 Å². The maximum Gasteiger partial charge on any atom is 0.269 e. The molecule has 0 spiro atoms. The second-order valence-corrected chi connectivity index (χ2v) is 19.9. The lowest BCUT2D eigenvalue weighted by atomic mass is 9.82. The first-order chi connectivity index (χ1) is 34.2. The molecule has 9 rings (SSSR count). The average molecular weight is 975 g/mol. The smallest absolute Gasteiger partial charge is 0.269 e. The third kappa shape index (κ3) is 12.0. The van der Waals surface area contributed by atoms with Gasteiger partial charge in [0.15, 0.2) is 17.2 Å². The molecule has 0 bridgehead atoms. The number of amides is 1. The molecule has 3 saturated heterocycles. The van der Waals surface area contributed by atoms with E-state index >= 15 is 0 Å². The van der Waals surface area contributed by atoms with Crippen molar-refractivity contribution in [3.8, 4) is 17.7 Å². The standard InChI is InChI=1S/C52H68ClN13O4/c1-2-38-34-58-66-46(30-47(59-52(38)66)65-19-4-3-6-41(65)17-26-67)56-32-37-7-14-49(57-33-37)69-27-5-18-62-22-24-63(25-23-62)35-36-15-20-64(21-16-36)48-29-44(50(51(55)68)61-60-48)39-8-11-42(12-9-39)70-43-13-10-40(31-54)45(53)28-43/h7,10,13-14,28-30,33-34,36,39,41-42,56,67H,2-6,8-9,11-12,15-27,32,35H2,1H3,(H2,55,68)/t39?,41-,42?/m0/s1. The molecule has 7 heterocycles. The zero-order valence-corrected chi connectivity index (χ0v) is 41.3. The van der Waals surface area contributed by atoms with Gasteiger partial charge in [-0.2, -0.15) is 14.9 Å². The maximum absolute atomic E-state index is 12.5. The van der Waals surface area contributed by atoms with Crippen LogP contribution in [0.3, 0.4) is 0 Å². The minimum Gasteiger partial charge on any atom is -0.490 e. The highest BCUT2D eigenvalue weighted by Gasteiger charge is 2.31. The van der Waals surface area contributed by atoms with Crippen LogP contribution in [0.25, 0.3) is 5.65 Å². The lowest BCUT2D eigenvalue weighted by Gasteiger charge is -2.39. The van der Waals surface area contributed by atoms with Crippen LogP contribution in [-0.2, 0) is 13.0 Å². The van der Waals surface area contributed by atoms with Crippen molar-refractivity contribution in [3.63, 3.8) is 0 Å². The quantitative estimate of drug-likeness (QED) is 0.0725. The number of nitrogens with one attached hydrogen (secondary N) is 1. The number of carbonyl (C=O) groups excluding carboxylic acids is 1. The Morgan fingerprint density at radius 1 is 0.929 bits per heavy atom. The summed E-state index contributed by atoms with van der Waals surface area (Å²) in [6.07, 6.45) is 15.2. The Kier molecular flexibility index (Phi) is 16.5. The van der Waals surface area contributed by atoms with Gasteiger partial charge in [-0.15, -0.1) is 10.2 Å². The Morgan fingerprint density at radius 2 is 1.74 bits per heavy atom. The molecule has 372 valence electrons. The van der Waals surface area contributed by atoms with E-state index in [9.17, 15) is 15.2 Å². The van der Waals surface area contributed by atoms with E-state index in [-0.39, 0.29) is 30.4 Å². The summed E-state index contributed by atoms with van der Waals surface area (Å²) in [5, 5.41) is 36.5. The number of aliphatic hydroxyl groups excluding tert-OH is 1. The van der Waals surface area contributed by atoms with E-state index in [4.69, 9.17) is 31.8 Å². The van der Waals surface area contributed by atoms with Crippen molar-refractivity contribution < 1.29 is 19.4 Å². The van der Waals surface area contributed by atoms with E-state index in [0.717, 1.165) is 169 Å². The van der Waals surface area contributed by atoms with Crippen molar-refractivity contribution in [2.24, 2.45) is 11.7 Å². The van der Waals surface area contributed by atoms with Gasteiger partial charge in [-0.05, 0) is 118 Å². The summed E-state index contributed by atoms with van der Waals surface area (Å²) in [5.74, 6) is 4.17. The number of carbonyl (C=O) groups is 1. The van der Waals surface area contributed by atoms with Gasteiger partial charge >= 0.3 is 0 Å². The number of piperazine rings is 1. The molecule has 4 fully saturated rings. The number of nitrogens with two attached hydrogens (primary N) is 1. The highest BCUT2D eigenvalue weighted by Crippen LogP contribution is 2.38. The Balaban J connectivity index is 0.677. The summed E-state index contributed by atoms with van der Waals surface area (Å²) in [7, 11) is 0. The molecular formula is C52H68ClN13O4. The summed E-state index contributed by atoms with van der Waals surface area (Å²) < 4.78 is 14.2. The lowest BCUT2D eigenvalue weighted by Crippen LogP contribution is -2.49. The van der Waals surface area contributed by atoms with E-state index in [1.165, 1.54) is 6.42 Å². The predicted octanol–water partition coefficient (Wildman–Crippen LogP) is 6.86. The molecule has 18 heteroatoms. The summed E-state index contributed by atoms with van der Waals surface area (Å²) in [5.41, 5.74) is 10.4. The Labute approximate surface area is 416 Å². The molecule has 0 radical (unpaired) electrons. The van der Waals surface area contributed by atoms with E-state index in [0.29, 0.717) is 41.3 Å². The second kappa shape index (κ2) is 23.4. The summed E-state index contributed by atoms with van der Waals surface area (Å²) in [6, 6.07) is 15.7. The number of piperidine rings is 2. The number of nitriles is 1. The molecule has 1 atom stereocenters. The highest BCUT2D eigenvalue weighted by atomic mass is 35.5. The number of nitrogens with zero attached hydrogens (tertiary/aromatic N) is 11. The number of ether oxygens (including phenoxy) is 2. The molecule has 1 saturated carbocycles. The number of hydrogen-bond donors (Lipinski definition) is 3. The Bertz CT molecular complexity index is 2560. The minimum absolute atomic E-state index is 0.0219. The third-order valence-corrected chi connectivity index (χ3v) is 15.2. The molecule has 1 amide bonds. The number of primary amides is 1. The molecule has 0 unspecified atom stereocenters. The van der Waals surface area contributed by atoms with Crippen LogP contribution in [0.5, 0.6) is 11.6 Å². The number of pyridine rings is 1. The Hall–Kier alpha value is -5.80. The van der Waals surface area contributed by atoms with E-state index in [2.05, 4.69) is 76.4 Å². The van der Waals surface area contributed by atoms with Crippen LogP contribution in [0.4, 0.5) is 17.5 Å². The number of fused-ring (bicyclic) bond motifs is 1. The summed E-state index contributed by atoms with van der Waals surface area (Å²) in [4.78, 5) is 32.0. The van der Waals surface area contributed by atoms with Gasteiger partial charge in [-0.25, -0.2) is 9.97 Å². The molecule has 5 aromatic rings. The van der Waals surface area contributed by atoms with Crippen LogP contribution in [0, 0.1) is 17.2 Å². The number of anilines is 3. The van der Waals surface area contributed by atoms with Gasteiger partial charge < -0.3 is 45.2 Å². The van der Waals surface area contributed by atoms with Crippen molar-refractivity contribution >= 4 is 40.6 Å². The number of halogens is 1. The molecule has 4 aromatic heterocycles. The first kappa shape index (κ1) is 49.2. The number of aliphatic hydroxyl groups is 1. The second-order valence-electron chi connectivity index (χ2n) is 19.5. The number of hydrogen-bond acceptors (Lipinski definition) is 15. The first-order valence-corrected chi connectivity index (χ1v) is 25.9. The Morgan fingerprint density at radius 3 is 2.47 bits per heavy atom.